The zero-order valence-electron chi connectivity index (χ0n) is 13.5. The fourth-order valence-electron chi connectivity index (χ4n) is 3.39. The lowest BCUT2D eigenvalue weighted by Crippen LogP contribution is -2.45. The van der Waals surface area contributed by atoms with Crippen molar-refractivity contribution in [2.45, 2.75) is 18.8 Å². The van der Waals surface area contributed by atoms with Crippen molar-refractivity contribution in [2.24, 2.45) is 0 Å². The van der Waals surface area contributed by atoms with E-state index in [-0.39, 0.29) is 35.3 Å². The fraction of sp³-hybridized carbons (Fsp3) is 0.438. The molecule has 2 aromatic heterocycles. The Kier molecular flexibility index (Phi) is 4.16. The number of nitrogens with one attached hydrogen (secondary N) is 1. The van der Waals surface area contributed by atoms with Gasteiger partial charge in [-0.05, 0) is 25.0 Å². The van der Waals surface area contributed by atoms with Crippen LogP contribution in [0.4, 0.5) is 4.79 Å². The zero-order chi connectivity index (χ0) is 17.4. The summed E-state index contributed by atoms with van der Waals surface area (Å²) in [5, 5.41) is 7.92. The average Bonchev–Trinajstić information content (AvgIpc) is 3.20. The number of carbonyl (C=O) groups excluding carboxylic acids is 3. The van der Waals surface area contributed by atoms with Gasteiger partial charge in [-0.25, -0.2) is 4.98 Å². The zero-order valence-corrected chi connectivity index (χ0v) is 14.3. The predicted molar refractivity (Wildman–Crippen MR) is 92.0 cm³/mol. The Hall–Kier alpha value is -2.42. The van der Waals surface area contributed by atoms with Gasteiger partial charge in [0.2, 0.25) is 11.8 Å². The van der Waals surface area contributed by atoms with Crippen molar-refractivity contribution in [3.05, 3.63) is 24.0 Å². The molecular weight excluding hydrogens is 342 g/mol. The second-order valence-electron chi connectivity index (χ2n) is 6.23. The molecule has 2 fully saturated rings. The maximum atomic E-state index is 12.6. The van der Waals surface area contributed by atoms with Gasteiger partial charge in [-0.2, -0.15) is 5.10 Å². The van der Waals surface area contributed by atoms with Gasteiger partial charge in [-0.15, -0.1) is 0 Å². The number of piperidine rings is 1. The summed E-state index contributed by atoms with van der Waals surface area (Å²) in [6.07, 6.45) is 3.52. The Balaban J connectivity index is 1.48. The SMILES string of the molecule is O=C(CN1C(=O)CSC1=O)N1CCC[C@@H](c2[nH]nc3ncccc23)C1. The van der Waals surface area contributed by atoms with Crippen LogP contribution in [0, 0.1) is 0 Å². The molecule has 2 aliphatic rings. The summed E-state index contributed by atoms with van der Waals surface area (Å²) >= 11 is 0.949. The molecule has 0 radical (unpaired) electrons. The van der Waals surface area contributed by atoms with E-state index in [1.165, 1.54) is 0 Å². The highest BCUT2D eigenvalue weighted by molar-refractivity contribution is 8.14. The molecule has 3 amide bonds. The van der Waals surface area contributed by atoms with Gasteiger partial charge in [0.25, 0.3) is 5.24 Å². The van der Waals surface area contributed by atoms with Crippen LogP contribution in [-0.4, -0.2) is 67.4 Å². The van der Waals surface area contributed by atoms with E-state index in [4.69, 9.17) is 0 Å². The van der Waals surface area contributed by atoms with Crippen molar-refractivity contribution in [3.63, 3.8) is 0 Å². The molecule has 4 heterocycles. The van der Waals surface area contributed by atoms with Crippen LogP contribution in [0.15, 0.2) is 18.3 Å². The normalized spacial score (nSPS) is 21.4. The number of fused-ring (bicyclic) bond motifs is 1. The van der Waals surface area contributed by atoms with Crippen LogP contribution in [0.5, 0.6) is 0 Å². The summed E-state index contributed by atoms with van der Waals surface area (Å²) in [6.45, 7) is 1.03. The highest BCUT2D eigenvalue weighted by Gasteiger charge is 2.34. The molecule has 9 heteroatoms. The first-order valence-corrected chi connectivity index (χ1v) is 9.16. The first-order valence-electron chi connectivity index (χ1n) is 8.17. The number of hydrogen-bond donors (Lipinski definition) is 1. The number of aromatic nitrogens is 3. The van der Waals surface area contributed by atoms with Crippen molar-refractivity contribution in [1.82, 2.24) is 25.0 Å². The van der Waals surface area contributed by atoms with E-state index in [0.29, 0.717) is 18.7 Å². The lowest BCUT2D eigenvalue weighted by atomic mass is 9.93. The molecule has 130 valence electrons. The van der Waals surface area contributed by atoms with Gasteiger partial charge in [-0.1, -0.05) is 11.8 Å². The fourth-order valence-corrected chi connectivity index (χ4v) is 4.11. The molecule has 0 unspecified atom stereocenters. The van der Waals surface area contributed by atoms with Gasteiger partial charge in [0.05, 0.1) is 5.75 Å². The molecule has 2 aromatic rings. The largest absolute Gasteiger partial charge is 0.340 e. The van der Waals surface area contributed by atoms with Gasteiger partial charge >= 0.3 is 0 Å². The van der Waals surface area contributed by atoms with Crippen LogP contribution >= 0.6 is 11.8 Å². The van der Waals surface area contributed by atoms with Gasteiger partial charge in [0.1, 0.15) is 6.54 Å². The van der Waals surface area contributed by atoms with Crippen LogP contribution in [0.2, 0.25) is 0 Å². The minimum absolute atomic E-state index is 0.127. The summed E-state index contributed by atoms with van der Waals surface area (Å²) in [4.78, 5) is 42.9. The monoisotopic (exact) mass is 359 g/mol. The van der Waals surface area contributed by atoms with Crippen LogP contribution in [-0.2, 0) is 9.59 Å². The molecule has 8 nitrogen and oxygen atoms in total. The van der Waals surface area contributed by atoms with Crippen LogP contribution in [0.1, 0.15) is 24.5 Å². The first kappa shape index (κ1) is 16.1. The number of rotatable bonds is 3. The molecule has 0 aromatic carbocycles. The molecule has 25 heavy (non-hydrogen) atoms. The van der Waals surface area contributed by atoms with Gasteiger partial charge in [0.15, 0.2) is 5.65 Å². The topological polar surface area (TPSA) is 99.3 Å². The van der Waals surface area contributed by atoms with Crippen molar-refractivity contribution in [1.29, 1.82) is 0 Å². The van der Waals surface area contributed by atoms with Crippen molar-refractivity contribution in [3.8, 4) is 0 Å². The second-order valence-corrected chi connectivity index (χ2v) is 7.15. The number of carbonyl (C=O) groups is 3. The summed E-state index contributed by atoms with van der Waals surface area (Å²) in [5.41, 5.74) is 1.66. The third-order valence-corrected chi connectivity index (χ3v) is 5.53. The van der Waals surface area contributed by atoms with Gasteiger partial charge < -0.3 is 4.90 Å². The van der Waals surface area contributed by atoms with Crippen LogP contribution in [0.3, 0.4) is 0 Å². The second kappa shape index (κ2) is 6.47. The van der Waals surface area contributed by atoms with E-state index >= 15 is 0 Å². The smallest absolute Gasteiger partial charge is 0.289 e. The molecule has 1 N–H and O–H groups in total. The van der Waals surface area contributed by atoms with Gasteiger partial charge in [-0.3, -0.25) is 24.4 Å². The number of pyridine rings is 1. The van der Waals surface area contributed by atoms with Crippen molar-refractivity contribution < 1.29 is 14.4 Å². The van der Waals surface area contributed by atoms with E-state index < -0.39 is 0 Å². The molecular formula is C16H17N5O3S. The number of likely N-dealkylation sites (tertiary alicyclic amines) is 1. The molecule has 1 atom stereocenters. The Morgan fingerprint density at radius 3 is 3.08 bits per heavy atom. The summed E-state index contributed by atoms with van der Waals surface area (Å²) < 4.78 is 0. The first-order chi connectivity index (χ1) is 12.1. The predicted octanol–water partition coefficient (Wildman–Crippen LogP) is 1.36. The van der Waals surface area contributed by atoms with E-state index in [2.05, 4.69) is 15.2 Å². The number of imide groups is 1. The number of hydrogen-bond acceptors (Lipinski definition) is 6. The lowest BCUT2D eigenvalue weighted by Gasteiger charge is -2.33. The summed E-state index contributed by atoms with van der Waals surface area (Å²) in [7, 11) is 0. The number of aromatic amines is 1. The molecule has 0 spiro atoms. The number of H-pyrrole nitrogens is 1. The highest BCUT2D eigenvalue weighted by atomic mass is 32.2. The summed E-state index contributed by atoms with van der Waals surface area (Å²) in [6, 6.07) is 3.84. The van der Waals surface area contributed by atoms with Crippen molar-refractivity contribution >= 4 is 39.8 Å². The van der Waals surface area contributed by atoms with E-state index in [1.807, 2.05) is 12.1 Å². The van der Waals surface area contributed by atoms with Crippen LogP contribution in [0.25, 0.3) is 11.0 Å². The maximum Gasteiger partial charge on any atom is 0.289 e. The number of nitrogens with zero attached hydrogens (tertiary/aromatic N) is 4. The Labute approximate surface area is 147 Å². The molecule has 2 saturated heterocycles. The molecule has 0 bridgehead atoms. The number of thioether (sulfide) groups is 1. The number of amides is 3. The maximum absolute atomic E-state index is 12.6. The minimum atomic E-state index is -0.336. The van der Waals surface area contributed by atoms with E-state index in [0.717, 1.165) is 40.6 Å². The van der Waals surface area contributed by atoms with Crippen molar-refractivity contribution in [2.75, 3.05) is 25.4 Å². The summed E-state index contributed by atoms with van der Waals surface area (Å²) in [5.74, 6) is -0.202. The Morgan fingerprint density at radius 1 is 1.40 bits per heavy atom. The average molecular weight is 359 g/mol. The molecule has 2 aliphatic heterocycles. The molecule has 4 rings (SSSR count). The van der Waals surface area contributed by atoms with Crippen LogP contribution < -0.4 is 0 Å². The molecule has 0 aliphatic carbocycles. The quantitative estimate of drug-likeness (QED) is 0.888. The third kappa shape index (κ3) is 2.99. The van der Waals surface area contributed by atoms with E-state index in [9.17, 15) is 14.4 Å². The van der Waals surface area contributed by atoms with E-state index in [1.54, 1.807) is 11.1 Å². The Morgan fingerprint density at radius 2 is 2.28 bits per heavy atom. The highest BCUT2D eigenvalue weighted by Crippen LogP contribution is 2.30. The molecule has 0 saturated carbocycles. The van der Waals surface area contributed by atoms with Gasteiger partial charge in [0, 0.05) is 36.3 Å². The Bertz CT molecular complexity index is 835. The minimum Gasteiger partial charge on any atom is -0.340 e. The third-order valence-electron chi connectivity index (χ3n) is 4.68. The lowest BCUT2D eigenvalue weighted by molar-refractivity contribution is -0.137. The standard InChI is InChI=1S/C16H17N5O3S/c22-12(8-21-13(23)9-25-16(21)24)20-6-2-3-10(7-20)14-11-4-1-5-17-15(11)19-18-14/h1,4-5,10H,2-3,6-9H2,(H,17,18,19)/t10-/m1/s1.